The van der Waals surface area contributed by atoms with Crippen LogP contribution in [0.1, 0.15) is 63.0 Å². The zero-order valence-corrected chi connectivity index (χ0v) is 18.6. The Morgan fingerprint density at radius 3 is 2.30 bits per heavy atom. The highest BCUT2D eigenvalue weighted by molar-refractivity contribution is 7.90. The molecule has 0 aliphatic rings. The maximum Gasteiger partial charge on any atom is 0.150 e. The van der Waals surface area contributed by atoms with Crippen molar-refractivity contribution in [2.75, 3.05) is 0 Å². The van der Waals surface area contributed by atoms with Gasteiger partial charge in [-0.25, -0.2) is 0 Å². The van der Waals surface area contributed by atoms with Crippen LogP contribution in [0.2, 0.25) is 0 Å². The van der Waals surface area contributed by atoms with E-state index in [-0.39, 0.29) is 10.2 Å². The zero-order chi connectivity index (χ0) is 20.4. The molecule has 1 atom stereocenters. The van der Waals surface area contributed by atoms with Gasteiger partial charge in [-0.1, -0.05) is 51.1 Å². The Bertz CT molecular complexity index is 820. The quantitative estimate of drug-likeness (QED) is 0.404. The summed E-state index contributed by atoms with van der Waals surface area (Å²) >= 11 is 3.56. The van der Waals surface area contributed by atoms with Crippen LogP contribution in [0.15, 0.2) is 41.3 Å². The minimum atomic E-state index is -1.19. The molecule has 0 fully saturated rings. The van der Waals surface area contributed by atoms with Crippen LogP contribution in [0.25, 0.3) is 11.1 Å². The first-order chi connectivity index (χ1) is 12.4. The van der Waals surface area contributed by atoms with Gasteiger partial charge in [0.25, 0.3) is 0 Å². The lowest BCUT2D eigenvalue weighted by atomic mass is 9.84. The Kier molecular flexibility index (Phi) is 6.85. The molecule has 3 nitrogen and oxygen atoms in total. The predicted molar refractivity (Wildman–Crippen MR) is 118 cm³/mol. The Hall–Kier alpha value is -1.27. The van der Waals surface area contributed by atoms with E-state index in [2.05, 4.69) is 37.6 Å². The van der Waals surface area contributed by atoms with Gasteiger partial charge in [0.15, 0.2) is 6.29 Å². The second kappa shape index (κ2) is 8.39. The Morgan fingerprint density at radius 2 is 1.74 bits per heavy atom. The van der Waals surface area contributed by atoms with Gasteiger partial charge >= 0.3 is 0 Å². The van der Waals surface area contributed by atoms with E-state index in [4.69, 9.17) is 12.6 Å². The van der Waals surface area contributed by atoms with Crippen molar-refractivity contribution in [2.45, 2.75) is 63.1 Å². The maximum absolute atomic E-state index is 12.5. The van der Waals surface area contributed by atoms with Crippen LogP contribution in [0.4, 0.5) is 0 Å². The summed E-state index contributed by atoms with van der Waals surface area (Å²) in [5.41, 5.74) is 4.47. The number of rotatable bonds is 5. The van der Waals surface area contributed by atoms with E-state index in [0.717, 1.165) is 33.4 Å². The molecule has 0 saturated heterocycles. The largest absolute Gasteiger partial charge is 0.598 e. The summed E-state index contributed by atoms with van der Waals surface area (Å²) in [4.78, 5) is 12.4. The fraction of sp³-hybridized carbons (Fsp3) is 0.409. The molecule has 0 amide bonds. The number of nitrogens with one attached hydrogen (secondary N) is 1. The molecule has 0 bridgehead atoms. The topological polar surface area (TPSA) is 52.2 Å². The van der Waals surface area contributed by atoms with Gasteiger partial charge in [-0.2, -0.15) is 0 Å². The molecule has 1 N–H and O–H groups in total. The van der Waals surface area contributed by atoms with Crippen molar-refractivity contribution in [2.24, 2.45) is 0 Å². The molecular formula is C22H29NO2S2. The Labute approximate surface area is 171 Å². The zero-order valence-electron chi connectivity index (χ0n) is 16.9. The maximum atomic E-state index is 12.5. The first-order valence-electron chi connectivity index (χ1n) is 9.01. The van der Waals surface area contributed by atoms with Gasteiger partial charge in [0.05, 0.1) is 6.54 Å². The summed E-state index contributed by atoms with van der Waals surface area (Å²) in [7, 11) is 0. The normalized spacial score (nSPS) is 13.5. The lowest BCUT2D eigenvalue weighted by Gasteiger charge is -2.26. The molecule has 146 valence electrons. The molecule has 0 heterocycles. The van der Waals surface area contributed by atoms with E-state index in [9.17, 15) is 9.35 Å². The third-order valence-electron chi connectivity index (χ3n) is 4.37. The van der Waals surface area contributed by atoms with E-state index in [0.29, 0.717) is 12.1 Å². The summed E-state index contributed by atoms with van der Waals surface area (Å²) in [5.74, 6) is 0. The van der Waals surface area contributed by atoms with Crippen LogP contribution in [-0.4, -0.2) is 15.6 Å². The second-order valence-electron chi connectivity index (χ2n) is 8.69. The highest BCUT2D eigenvalue weighted by atomic mass is 32.2. The smallest absolute Gasteiger partial charge is 0.150 e. The number of carbonyl (C=O) groups is 1. The first-order valence-corrected chi connectivity index (χ1v) is 10.6. The third-order valence-corrected chi connectivity index (χ3v) is 6.24. The second-order valence-corrected chi connectivity index (χ2v) is 11.2. The van der Waals surface area contributed by atoms with Gasteiger partial charge in [0.1, 0.15) is 4.75 Å². The van der Waals surface area contributed by atoms with Gasteiger partial charge in [-0.15, -0.1) is 17.4 Å². The summed E-state index contributed by atoms with van der Waals surface area (Å²) in [6.07, 6.45) is 0.866. The Morgan fingerprint density at radius 1 is 1.11 bits per heavy atom. The third kappa shape index (κ3) is 5.38. The van der Waals surface area contributed by atoms with Crippen molar-refractivity contribution in [3.05, 3.63) is 53.1 Å². The average Bonchev–Trinajstić information content (AvgIpc) is 2.57. The van der Waals surface area contributed by atoms with Crippen LogP contribution in [-0.2, 0) is 23.3 Å². The molecule has 0 aliphatic heterocycles. The first kappa shape index (κ1) is 22.0. The molecule has 2 aromatic rings. The van der Waals surface area contributed by atoms with Crippen LogP contribution in [0.3, 0.4) is 0 Å². The van der Waals surface area contributed by atoms with Crippen molar-refractivity contribution in [1.29, 1.82) is 0 Å². The van der Waals surface area contributed by atoms with Gasteiger partial charge in [0, 0.05) is 27.4 Å². The highest BCUT2D eigenvalue weighted by Crippen LogP contribution is 2.36. The lowest BCUT2D eigenvalue weighted by Crippen LogP contribution is -2.39. The van der Waals surface area contributed by atoms with Crippen LogP contribution < -0.4 is 4.72 Å². The molecule has 1 unspecified atom stereocenters. The van der Waals surface area contributed by atoms with Gasteiger partial charge in [0.2, 0.25) is 0 Å². The molecule has 5 heteroatoms. The number of hydrogen-bond donors (Lipinski definition) is 2. The van der Waals surface area contributed by atoms with Gasteiger partial charge < -0.3 is 4.55 Å². The molecule has 2 rings (SSSR count). The van der Waals surface area contributed by atoms with Crippen molar-refractivity contribution >= 4 is 30.3 Å². The van der Waals surface area contributed by atoms with Crippen molar-refractivity contribution < 1.29 is 9.35 Å². The van der Waals surface area contributed by atoms with Crippen molar-refractivity contribution in [3.63, 3.8) is 0 Å². The number of carbonyl (C=O) groups excluding carboxylic acids is 1. The average molecular weight is 404 g/mol. The fourth-order valence-corrected chi connectivity index (χ4v) is 3.88. The number of hydrogen-bond acceptors (Lipinski definition) is 4. The Balaban J connectivity index is 2.59. The summed E-state index contributed by atoms with van der Waals surface area (Å²) in [5, 5.41) is 0. The van der Waals surface area contributed by atoms with Crippen LogP contribution in [0, 0.1) is 0 Å². The number of aldehydes is 1. The number of benzene rings is 2. The van der Waals surface area contributed by atoms with E-state index < -0.39 is 11.4 Å². The van der Waals surface area contributed by atoms with Gasteiger partial charge in [-0.3, -0.25) is 4.79 Å². The molecule has 0 spiro atoms. The number of thiol groups is 1. The summed E-state index contributed by atoms with van der Waals surface area (Å²) in [6.45, 7) is 12.7. The van der Waals surface area contributed by atoms with Crippen molar-refractivity contribution in [3.8, 4) is 11.1 Å². The standard InChI is InChI=1S/C22H29NO2S2/c1-21(2,3)17-11-16(13-23-27(25)22(4,5)6)20(19(26)12-17)18-10-8-7-9-15(18)14-24/h7-12,14,23,26H,13H2,1-6H3. The van der Waals surface area contributed by atoms with Crippen LogP contribution >= 0.6 is 12.6 Å². The lowest BCUT2D eigenvalue weighted by molar-refractivity contribution is 0.112. The molecule has 27 heavy (non-hydrogen) atoms. The molecule has 0 saturated carbocycles. The summed E-state index contributed by atoms with van der Waals surface area (Å²) < 4.78 is 15.3. The van der Waals surface area contributed by atoms with Gasteiger partial charge in [-0.05, 0) is 48.9 Å². The summed E-state index contributed by atoms with van der Waals surface area (Å²) in [6, 6.07) is 11.7. The SMILES string of the molecule is CC(C)(C)c1cc(S)c(-c2ccccc2C=O)c(CN[S+]([O-])C(C)(C)C)c1. The molecule has 0 aromatic heterocycles. The van der Waals surface area contributed by atoms with E-state index >= 15 is 0 Å². The minimum absolute atomic E-state index is 0.0435. The minimum Gasteiger partial charge on any atom is -0.598 e. The van der Waals surface area contributed by atoms with E-state index in [1.807, 2.05) is 39.0 Å². The highest BCUT2D eigenvalue weighted by Gasteiger charge is 2.27. The molecule has 0 aliphatic carbocycles. The molecule has 2 aromatic carbocycles. The monoisotopic (exact) mass is 403 g/mol. The van der Waals surface area contributed by atoms with Crippen LogP contribution in [0.5, 0.6) is 0 Å². The van der Waals surface area contributed by atoms with E-state index in [1.165, 1.54) is 0 Å². The molecular weight excluding hydrogens is 374 g/mol. The fourth-order valence-electron chi connectivity index (χ4n) is 2.76. The molecule has 0 radical (unpaired) electrons. The predicted octanol–water partition coefficient (Wildman–Crippen LogP) is 5.30. The van der Waals surface area contributed by atoms with Crippen molar-refractivity contribution in [1.82, 2.24) is 4.72 Å². The van der Waals surface area contributed by atoms with E-state index in [1.54, 1.807) is 6.07 Å².